The van der Waals surface area contributed by atoms with E-state index >= 15 is 0 Å². The largest absolute Gasteiger partial charge is 0.472 e. The number of rotatable bonds is 46. The van der Waals surface area contributed by atoms with E-state index in [0.717, 1.165) is 89.9 Å². The summed E-state index contributed by atoms with van der Waals surface area (Å²) in [7, 11) is -4.73. The number of aliphatic hydroxyl groups is 1. The molecule has 12 heteroatoms. The molecule has 0 saturated carbocycles. The van der Waals surface area contributed by atoms with Gasteiger partial charge in [-0.05, 0) is 51.4 Å². The van der Waals surface area contributed by atoms with Crippen molar-refractivity contribution in [2.45, 2.75) is 238 Å². The number of phosphoric ester groups is 1. The first kappa shape index (κ1) is 59.7. The summed E-state index contributed by atoms with van der Waals surface area (Å²) in [5.74, 6) is -1.47. The van der Waals surface area contributed by atoms with Crippen LogP contribution in [0.2, 0.25) is 0 Å². The molecule has 0 bridgehead atoms. The second-order valence-corrected chi connectivity index (χ2v) is 18.1. The van der Waals surface area contributed by atoms with E-state index in [1.54, 1.807) is 0 Å². The summed E-state index contributed by atoms with van der Waals surface area (Å²) in [6.45, 7) is 4.47. The lowest BCUT2D eigenvalue weighted by atomic mass is 10.1. The number of hydrogen-bond acceptors (Lipinski definition) is 10. The molecule has 0 aliphatic heterocycles. The van der Waals surface area contributed by atoms with E-state index in [-0.39, 0.29) is 25.9 Å². The van der Waals surface area contributed by atoms with Crippen molar-refractivity contribution < 1.29 is 52.2 Å². The number of esters is 3. The van der Waals surface area contributed by atoms with Gasteiger partial charge in [0.1, 0.15) is 12.7 Å². The first-order chi connectivity index (χ1) is 30.2. The molecule has 0 spiro atoms. The van der Waals surface area contributed by atoms with Gasteiger partial charge < -0.3 is 24.2 Å². The summed E-state index contributed by atoms with van der Waals surface area (Å²) in [5, 5.41) is 9.72. The number of carbonyl (C=O) groups excluding carboxylic acids is 3. The third-order valence-corrected chi connectivity index (χ3v) is 11.5. The Bertz CT molecular complexity index is 1190. The maximum atomic E-state index is 12.8. The highest BCUT2D eigenvalue weighted by molar-refractivity contribution is 7.47. The molecule has 62 heavy (non-hydrogen) atoms. The van der Waals surface area contributed by atoms with Gasteiger partial charge in [-0.1, -0.05) is 192 Å². The molecule has 0 amide bonds. The van der Waals surface area contributed by atoms with Crippen LogP contribution in [-0.4, -0.2) is 66.5 Å². The molecule has 3 unspecified atom stereocenters. The van der Waals surface area contributed by atoms with E-state index in [9.17, 15) is 28.9 Å². The number of phosphoric acid groups is 1. The third kappa shape index (κ3) is 43.0. The topological polar surface area (TPSA) is 155 Å². The smallest absolute Gasteiger partial charge is 0.462 e. The predicted molar refractivity (Wildman–Crippen MR) is 252 cm³/mol. The zero-order valence-corrected chi connectivity index (χ0v) is 40.5. The Balaban J connectivity index is 4.67. The molecule has 362 valence electrons. The zero-order chi connectivity index (χ0) is 45.6. The molecule has 11 nitrogen and oxygen atoms in total. The minimum atomic E-state index is -4.73. The second-order valence-electron chi connectivity index (χ2n) is 16.6. The Morgan fingerprint density at radius 3 is 1.29 bits per heavy atom. The van der Waals surface area contributed by atoms with Gasteiger partial charge in [-0.15, -0.1) is 0 Å². The minimum absolute atomic E-state index is 0.169. The Hall–Kier alpha value is -2.30. The van der Waals surface area contributed by atoms with Crippen molar-refractivity contribution in [2.75, 3.05) is 26.4 Å². The van der Waals surface area contributed by atoms with Gasteiger partial charge in [-0.3, -0.25) is 23.4 Å². The normalized spacial score (nSPS) is 13.8. The molecule has 0 saturated heterocycles. The molecule has 0 aromatic carbocycles. The number of carbonyl (C=O) groups is 3. The molecular weight excluding hydrogens is 808 g/mol. The van der Waals surface area contributed by atoms with Gasteiger partial charge in [0, 0.05) is 19.3 Å². The average molecular weight is 899 g/mol. The van der Waals surface area contributed by atoms with Crippen LogP contribution in [0.1, 0.15) is 226 Å². The fourth-order valence-electron chi connectivity index (χ4n) is 6.78. The van der Waals surface area contributed by atoms with Gasteiger partial charge in [0.2, 0.25) is 0 Å². The lowest BCUT2D eigenvalue weighted by Gasteiger charge is -2.21. The Kier molecular flexibility index (Phi) is 43.6. The number of unbranched alkanes of at least 4 members (excludes halogenated alkanes) is 23. The van der Waals surface area contributed by atoms with Crippen molar-refractivity contribution >= 4 is 25.7 Å². The first-order valence-electron chi connectivity index (χ1n) is 24.9. The first-order valence-corrected chi connectivity index (χ1v) is 26.4. The van der Waals surface area contributed by atoms with E-state index in [0.29, 0.717) is 19.3 Å². The van der Waals surface area contributed by atoms with Crippen LogP contribution in [0.15, 0.2) is 36.5 Å². The third-order valence-electron chi connectivity index (χ3n) is 10.6. The van der Waals surface area contributed by atoms with Gasteiger partial charge in [-0.25, -0.2) is 4.57 Å². The molecule has 0 radical (unpaired) electrons. The summed E-state index contributed by atoms with van der Waals surface area (Å²) < 4.78 is 39.2. The molecule has 0 aliphatic rings. The van der Waals surface area contributed by atoms with Gasteiger partial charge in [0.05, 0.1) is 19.8 Å². The number of hydrogen-bond donors (Lipinski definition) is 2. The van der Waals surface area contributed by atoms with Crippen LogP contribution in [0, 0.1) is 0 Å². The summed E-state index contributed by atoms with van der Waals surface area (Å²) in [4.78, 5) is 48.1. The summed E-state index contributed by atoms with van der Waals surface area (Å²) in [6.07, 6.45) is 42.8. The molecule has 0 fully saturated rings. The Morgan fingerprint density at radius 2 is 0.839 bits per heavy atom. The Morgan fingerprint density at radius 1 is 0.468 bits per heavy atom. The van der Waals surface area contributed by atoms with Crippen LogP contribution >= 0.6 is 7.82 Å². The average Bonchev–Trinajstić information content (AvgIpc) is 3.25. The molecule has 0 aromatic rings. The lowest BCUT2D eigenvalue weighted by molar-refractivity contribution is -0.161. The molecular formula is C50H91O11P. The maximum absolute atomic E-state index is 12.8. The maximum Gasteiger partial charge on any atom is 0.472 e. The second kappa shape index (κ2) is 45.3. The predicted octanol–water partition coefficient (Wildman–Crippen LogP) is 13.7. The van der Waals surface area contributed by atoms with Gasteiger partial charge in [0.15, 0.2) is 6.10 Å². The van der Waals surface area contributed by atoms with E-state index in [1.165, 1.54) is 77.0 Å². The van der Waals surface area contributed by atoms with Gasteiger partial charge in [0.25, 0.3) is 0 Å². The highest BCUT2D eigenvalue weighted by Gasteiger charge is 2.28. The molecule has 0 aromatic heterocycles. The fourth-order valence-corrected chi connectivity index (χ4v) is 7.57. The standard InChI is InChI=1S/C50H91O11P/c1-4-7-10-13-16-19-20-21-22-23-24-25-26-29-30-33-36-39-48(52)57-43-47(61-50(54)41-38-35-32-28-18-15-12-9-6-3)45-59-62(55,56)58-44-46(42-51)60-49(53)40-37-34-31-27-17-14-11-8-5-2/h7,10,16,19,21-22,46-47,51H,4-6,8-9,11-15,17-18,20,23-45H2,1-3H3,(H,55,56)/b10-7-,19-16-,22-21-. The van der Waals surface area contributed by atoms with E-state index in [2.05, 4.69) is 57.2 Å². The van der Waals surface area contributed by atoms with Gasteiger partial charge >= 0.3 is 25.7 Å². The number of aliphatic hydroxyl groups excluding tert-OH is 1. The fraction of sp³-hybridized carbons (Fsp3) is 0.820. The van der Waals surface area contributed by atoms with Crippen LogP contribution in [0.3, 0.4) is 0 Å². The summed E-state index contributed by atoms with van der Waals surface area (Å²) in [6, 6.07) is 0. The highest BCUT2D eigenvalue weighted by atomic mass is 31.2. The van der Waals surface area contributed by atoms with Crippen LogP contribution in [0.4, 0.5) is 0 Å². The highest BCUT2D eigenvalue weighted by Crippen LogP contribution is 2.43. The van der Waals surface area contributed by atoms with Crippen molar-refractivity contribution in [1.29, 1.82) is 0 Å². The van der Waals surface area contributed by atoms with Crippen LogP contribution in [-0.2, 0) is 42.2 Å². The van der Waals surface area contributed by atoms with E-state index in [1.807, 2.05) is 0 Å². The minimum Gasteiger partial charge on any atom is -0.462 e. The number of allylic oxidation sites excluding steroid dienone is 6. The van der Waals surface area contributed by atoms with Crippen molar-refractivity contribution in [1.82, 2.24) is 0 Å². The lowest BCUT2D eigenvalue weighted by Crippen LogP contribution is -2.30. The van der Waals surface area contributed by atoms with Gasteiger partial charge in [-0.2, -0.15) is 0 Å². The van der Waals surface area contributed by atoms with Crippen LogP contribution in [0.5, 0.6) is 0 Å². The van der Waals surface area contributed by atoms with Crippen LogP contribution < -0.4 is 0 Å². The van der Waals surface area contributed by atoms with E-state index in [4.69, 9.17) is 23.3 Å². The molecule has 0 rings (SSSR count). The summed E-state index contributed by atoms with van der Waals surface area (Å²) in [5.41, 5.74) is 0. The van der Waals surface area contributed by atoms with Crippen molar-refractivity contribution in [3.8, 4) is 0 Å². The van der Waals surface area contributed by atoms with E-state index < -0.39 is 57.8 Å². The molecule has 3 atom stereocenters. The van der Waals surface area contributed by atoms with Crippen molar-refractivity contribution in [2.24, 2.45) is 0 Å². The van der Waals surface area contributed by atoms with Crippen LogP contribution in [0.25, 0.3) is 0 Å². The monoisotopic (exact) mass is 899 g/mol. The molecule has 0 aliphatic carbocycles. The molecule has 0 heterocycles. The van der Waals surface area contributed by atoms with Crippen molar-refractivity contribution in [3.05, 3.63) is 36.5 Å². The van der Waals surface area contributed by atoms with Crippen molar-refractivity contribution in [3.63, 3.8) is 0 Å². The SMILES string of the molecule is CC/C=C\C/C=C\C/C=C\CCCCCCCCCC(=O)OCC(COP(=O)(O)OCC(CO)OC(=O)CCCCCCCCCCC)OC(=O)CCCCCCCCCCC. The Labute approximate surface area is 378 Å². The number of ether oxygens (including phenoxy) is 3. The quantitative estimate of drug-likeness (QED) is 0.0197. The zero-order valence-electron chi connectivity index (χ0n) is 39.6. The molecule has 2 N–H and O–H groups in total. The summed E-state index contributed by atoms with van der Waals surface area (Å²) >= 11 is 0.